The predicted molar refractivity (Wildman–Crippen MR) is 141 cm³/mol. The molecule has 1 fully saturated rings. The van der Waals surface area contributed by atoms with E-state index in [0.717, 1.165) is 34.8 Å². The second kappa shape index (κ2) is 9.39. The first kappa shape index (κ1) is 25.1. The van der Waals surface area contributed by atoms with E-state index < -0.39 is 23.8 Å². The van der Waals surface area contributed by atoms with Crippen LogP contribution in [0.15, 0.2) is 72.9 Å². The lowest BCUT2D eigenvalue weighted by Gasteiger charge is -2.28. The van der Waals surface area contributed by atoms with E-state index in [-0.39, 0.29) is 5.75 Å². The van der Waals surface area contributed by atoms with Gasteiger partial charge in [-0.2, -0.15) is 13.2 Å². The van der Waals surface area contributed by atoms with E-state index in [0.29, 0.717) is 21.5 Å². The average Bonchev–Trinajstić information content (AvgIpc) is 3.35. The van der Waals surface area contributed by atoms with Gasteiger partial charge in [-0.05, 0) is 86.2 Å². The normalized spacial score (nSPS) is 17.8. The summed E-state index contributed by atoms with van der Waals surface area (Å²) in [6.07, 6.45) is -2.77. The van der Waals surface area contributed by atoms with Gasteiger partial charge in [0, 0.05) is 28.3 Å². The highest BCUT2D eigenvalue weighted by Gasteiger charge is 2.43. The number of phenolic OH excluding ortho intramolecular Hbond substituents is 1. The van der Waals surface area contributed by atoms with E-state index in [1.807, 2.05) is 38.1 Å². The van der Waals surface area contributed by atoms with Gasteiger partial charge in [0.15, 0.2) is 5.11 Å². The third-order valence-electron chi connectivity index (χ3n) is 6.52. The van der Waals surface area contributed by atoms with Crippen molar-refractivity contribution < 1.29 is 18.3 Å². The van der Waals surface area contributed by atoms with Crippen LogP contribution in [0, 0.1) is 13.8 Å². The maximum Gasteiger partial charge on any atom is 0.416 e. The summed E-state index contributed by atoms with van der Waals surface area (Å²) in [4.78, 5) is 6.31. The lowest BCUT2D eigenvalue weighted by atomic mass is 9.96. The third-order valence-corrected chi connectivity index (χ3v) is 7.07. The van der Waals surface area contributed by atoms with Crippen molar-refractivity contribution in [3.63, 3.8) is 0 Å². The lowest BCUT2D eigenvalue weighted by Crippen LogP contribution is -2.29. The highest BCUT2D eigenvalue weighted by atomic mass is 35.5. The van der Waals surface area contributed by atoms with Crippen molar-refractivity contribution in [2.45, 2.75) is 32.1 Å². The first-order chi connectivity index (χ1) is 17.6. The van der Waals surface area contributed by atoms with E-state index in [1.54, 1.807) is 33.9 Å². The summed E-state index contributed by atoms with van der Waals surface area (Å²) in [5.74, 6) is -0.00749. The molecule has 1 aliphatic heterocycles. The van der Waals surface area contributed by atoms with Crippen LogP contribution in [0.1, 0.15) is 40.3 Å². The molecule has 0 spiro atoms. The summed E-state index contributed by atoms with van der Waals surface area (Å²) in [6, 6.07) is 16.6. The molecule has 2 atom stereocenters. The third kappa shape index (κ3) is 4.53. The fraction of sp³-hybridized carbons (Fsp3) is 0.185. The molecule has 2 aromatic heterocycles. The van der Waals surface area contributed by atoms with Gasteiger partial charge in [0.1, 0.15) is 5.75 Å². The smallest absolute Gasteiger partial charge is 0.416 e. The van der Waals surface area contributed by atoms with Gasteiger partial charge in [-0.15, -0.1) is 0 Å². The molecule has 1 aliphatic rings. The van der Waals surface area contributed by atoms with Crippen molar-refractivity contribution in [3.8, 4) is 11.4 Å². The molecular weight excluding hydrogens is 521 g/mol. The molecule has 1 saturated heterocycles. The number of aromatic hydroxyl groups is 1. The number of nitrogens with zero attached hydrogens (tertiary/aromatic N) is 3. The van der Waals surface area contributed by atoms with Crippen LogP contribution in [0.4, 0.5) is 18.9 Å². The molecule has 5 rings (SSSR count). The Kier molecular flexibility index (Phi) is 6.37. The predicted octanol–water partition coefficient (Wildman–Crippen LogP) is 7.04. The van der Waals surface area contributed by atoms with Crippen LogP contribution < -0.4 is 10.2 Å². The number of aryl methyl sites for hydroxylation is 1. The average molecular weight is 543 g/mol. The molecule has 0 radical (unpaired) electrons. The zero-order valence-corrected chi connectivity index (χ0v) is 21.4. The fourth-order valence-electron chi connectivity index (χ4n) is 4.93. The summed E-state index contributed by atoms with van der Waals surface area (Å²) in [6.45, 7) is 3.70. The van der Waals surface area contributed by atoms with Gasteiger partial charge in [-0.25, -0.2) is 0 Å². The zero-order chi connectivity index (χ0) is 26.5. The topological polar surface area (TPSA) is 53.3 Å². The number of hydrogen-bond donors (Lipinski definition) is 2. The maximum absolute atomic E-state index is 13.4. The van der Waals surface area contributed by atoms with Gasteiger partial charge >= 0.3 is 6.18 Å². The fourth-order valence-corrected chi connectivity index (χ4v) is 5.43. The number of hydrogen-bond acceptors (Lipinski definition) is 3. The second-order valence-electron chi connectivity index (χ2n) is 8.84. The molecular formula is C27H22ClF3N4OS. The van der Waals surface area contributed by atoms with Crippen LogP contribution >= 0.6 is 23.8 Å². The highest BCUT2D eigenvalue weighted by Crippen LogP contribution is 2.46. The van der Waals surface area contributed by atoms with Crippen LogP contribution in [0.25, 0.3) is 5.69 Å². The molecule has 2 N–H and O–H groups in total. The molecule has 3 heterocycles. The molecule has 2 aromatic carbocycles. The van der Waals surface area contributed by atoms with Gasteiger partial charge in [0.25, 0.3) is 0 Å². The van der Waals surface area contributed by atoms with Crippen molar-refractivity contribution >= 4 is 34.6 Å². The summed E-state index contributed by atoms with van der Waals surface area (Å²) in [7, 11) is 0. The molecule has 10 heteroatoms. The minimum atomic E-state index is -4.46. The number of phenols is 1. The first-order valence-electron chi connectivity index (χ1n) is 11.4. The standard InChI is InChI=1S/C27H22ClF3N4OS/c1-15-12-20(16(2)34(15)19-7-5-6-17(13-19)27(29,30)31)25-24(21-8-3-4-11-32-21)33-26(37)35(25)22-14-18(28)9-10-23(22)36/h3-14,24-25,36H,1-2H3,(H,33,37). The number of halogens is 4. The van der Waals surface area contributed by atoms with E-state index >= 15 is 0 Å². The van der Waals surface area contributed by atoms with Crippen molar-refractivity contribution in [2.75, 3.05) is 4.90 Å². The van der Waals surface area contributed by atoms with Crippen molar-refractivity contribution in [2.24, 2.45) is 0 Å². The number of alkyl halides is 3. The molecule has 4 aromatic rings. The van der Waals surface area contributed by atoms with Crippen LogP contribution in [-0.4, -0.2) is 19.8 Å². The van der Waals surface area contributed by atoms with Crippen LogP contribution in [-0.2, 0) is 6.18 Å². The Morgan fingerprint density at radius 1 is 1.03 bits per heavy atom. The number of pyridine rings is 1. The summed E-state index contributed by atoms with van der Waals surface area (Å²) in [5, 5.41) is 14.8. The number of anilines is 1. The SMILES string of the molecule is Cc1cc(C2C(c3ccccn3)NC(=S)N2c2cc(Cl)ccc2O)c(C)n1-c1cccc(C(F)(F)F)c1. The number of thiocarbonyl (C=S) groups is 1. The Morgan fingerprint density at radius 3 is 2.51 bits per heavy atom. The Morgan fingerprint density at radius 2 is 1.81 bits per heavy atom. The molecule has 0 bridgehead atoms. The van der Waals surface area contributed by atoms with Gasteiger partial charge in [-0.3, -0.25) is 4.98 Å². The van der Waals surface area contributed by atoms with Gasteiger partial charge in [0.2, 0.25) is 0 Å². The Labute approximate surface area is 222 Å². The van der Waals surface area contributed by atoms with Crippen molar-refractivity contribution in [3.05, 3.63) is 106 Å². The van der Waals surface area contributed by atoms with E-state index in [9.17, 15) is 18.3 Å². The Bertz CT molecular complexity index is 1490. The highest BCUT2D eigenvalue weighted by molar-refractivity contribution is 7.80. The van der Waals surface area contributed by atoms with E-state index in [4.69, 9.17) is 23.8 Å². The van der Waals surface area contributed by atoms with Gasteiger partial charge < -0.3 is 19.9 Å². The summed E-state index contributed by atoms with van der Waals surface area (Å²) >= 11 is 12.0. The quantitative estimate of drug-likeness (QED) is 0.271. The van der Waals surface area contributed by atoms with Crippen molar-refractivity contribution in [1.82, 2.24) is 14.9 Å². The first-order valence-corrected chi connectivity index (χ1v) is 12.2. The summed E-state index contributed by atoms with van der Waals surface area (Å²) in [5.41, 5.74) is 3.12. The van der Waals surface area contributed by atoms with Crippen LogP contribution in [0.3, 0.4) is 0 Å². The van der Waals surface area contributed by atoms with Gasteiger partial charge in [-0.1, -0.05) is 23.7 Å². The minimum absolute atomic E-state index is 0.00749. The monoisotopic (exact) mass is 542 g/mol. The number of aromatic nitrogens is 2. The van der Waals surface area contributed by atoms with Crippen LogP contribution in [0.5, 0.6) is 5.75 Å². The Hall–Kier alpha value is -3.56. The van der Waals surface area contributed by atoms with Crippen molar-refractivity contribution in [1.29, 1.82) is 0 Å². The minimum Gasteiger partial charge on any atom is -0.506 e. The largest absolute Gasteiger partial charge is 0.506 e. The molecule has 0 amide bonds. The Balaban J connectivity index is 1.70. The molecule has 0 aliphatic carbocycles. The second-order valence-corrected chi connectivity index (χ2v) is 9.66. The van der Waals surface area contributed by atoms with Gasteiger partial charge in [0.05, 0.1) is 29.0 Å². The molecule has 2 unspecified atom stereocenters. The molecule has 190 valence electrons. The maximum atomic E-state index is 13.4. The lowest BCUT2D eigenvalue weighted by molar-refractivity contribution is -0.137. The number of rotatable bonds is 4. The zero-order valence-electron chi connectivity index (χ0n) is 19.8. The molecule has 37 heavy (non-hydrogen) atoms. The number of benzene rings is 2. The van der Waals surface area contributed by atoms with Crippen LogP contribution in [0.2, 0.25) is 5.02 Å². The van der Waals surface area contributed by atoms with E-state index in [1.165, 1.54) is 12.1 Å². The number of nitrogens with one attached hydrogen (secondary N) is 1. The molecule has 5 nitrogen and oxygen atoms in total. The molecule has 0 saturated carbocycles. The van der Waals surface area contributed by atoms with E-state index in [2.05, 4.69) is 10.3 Å². The summed E-state index contributed by atoms with van der Waals surface area (Å²) < 4.78 is 42.1.